The van der Waals surface area contributed by atoms with Crippen molar-refractivity contribution >= 4 is 0 Å². The summed E-state index contributed by atoms with van der Waals surface area (Å²) in [5.74, 6) is 1.98. The Kier molecular flexibility index (Phi) is 3.20. The van der Waals surface area contributed by atoms with Gasteiger partial charge in [-0.05, 0) is 30.1 Å². The Morgan fingerprint density at radius 1 is 1.25 bits per heavy atom. The highest BCUT2D eigenvalue weighted by atomic mass is 14.4. The molecule has 1 saturated carbocycles. The maximum atomic E-state index is 2.46. The molecule has 0 bridgehead atoms. The zero-order valence-electron chi connectivity index (χ0n) is 9.19. The van der Waals surface area contributed by atoms with Crippen LogP contribution in [0, 0.1) is 17.3 Å². The van der Waals surface area contributed by atoms with Crippen LogP contribution in [0.2, 0.25) is 0 Å². The smallest absolute Gasteiger partial charge is 0.0323 e. The summed E-state index contributed by atoms with van der Waals surface area (Å²) in [7, 11) is 0. The molecule has 1 aliphatic rings. The molecule has 0 N–H and O–H groups in total. The highest BCUT2D eigenvalue weighted by Gasteiger charge is 2.35. The second kappa shape index (κ2) is 3.81. The van der Waals surface area contributed by atoms with E-state index in [0.717, 1.165) is 11.8 Å². The summed E-state index contributed by atoms with van der Waals surface area (Å²) in [5, 5.41) is 0. The first-order chi connectivity index (χ1) is 5.58. The first-order valence-electron chi connectivity index (χ1n) is 5.58. The Morgan fingerprint density at radius 3 is 2.33 bits per heavy atom. The van der Waals surface area contributed by atoms with Gasteiger partial charge in [0.25, 0.3) is 0 Å². The van der Waals surface area contributed by atoms with E-state index in [1.165, 1.54) is 32.1 Å². The summed E-state index contributed by atoms with van der Waals surface area (Å²) in [5.41, 5.74) is 0.602. The lowest BCUT2D eigenvalue weighted by molar-refractivity contribution is 0.157. The van der Waals surface area contributed by atoms with Crippen LogP contribution in [0.15, 0.2) is 0 Å². The quantitative estimate of drug-likeness (QED) is 0.591. The van der Waals surface area contributed by atoms with Crippen molar-refractivity contribution in [2.24, 2.45) is 17.3 Å². The third-order valence-corrected chi connectivity index (χ3v) is 3.76. The standard InChI is InChI=1S/C12H24/c1-5-9-12(3,4)11-8-6-7-10(11)2/h10-11H,5-9H2,1-4H3. The van der Waals surface area contributed by atoms with Crippen molar-refractivity contribution in [1.82, 2.24) is 0 Å². The molecule has 0 aromatic heterocycles. The predicted octanol–water partition coefficient (Wildman–Crippen LogP) is 4.25. The van der Waals surface area contributed by atoms with Gasteiger partial charge in [0.05, 0.1) is 0 Å². The van der Waals surface area contributed by atoms with Crippen molar-refractivity contribution in [2.45, 2.75) is 59.8 Å². The van der Waals surface area contributed by atoms with Gasteiger partial charge in [-0.1, -0.05) is 47.0 Å². The van der Waals surface area contributed by atoms with E-state index in [4.69, 9.17) is 0 Å². The molecule has 1 aliphatic carbocycles. The lowest BCUT2D eigenvalue weighted by Gasteiger charge is -2.34. The molecule has 0 aliphatic heterocycles. The lowest BCUT2D eigenvalue weighted by Crippen LogP contribution is -2.25. The molecule has 72 valence electrons. The molecule has 0 radical (unpaired) electrons. The third kappa shape index (κ3) is 2.02. The van der Waals surface area contributed by atoms with E-state index >= 15 is 0 Å². The minimum absolute atomic E-state index is 0.602. The molecule has 1 rings (SSSR count). The monoisotopic (exact) mass is 168 g/mol. The Morgan fingerprint density at radius 2 is 1.92 bits per heavy atom. The highest BCUT2D eigenvalue weighted by molar-refractivity contribution is 4.85. The van der Waals surface area contributed by atoms with Gasteiger partial charge >= 0.3 is 0 Å². The van der Waals surface area contributed by atoms with E-state index in [2.05, 4.69) is 27.7 Å². The van der Waals surface area contributed by atoms with Gasteiger partial charge < -0.3 is 0 Å². The summed E-state index contributed by atoms with van der Waals surface area (Å²) < 4.78 is 0. The summed E-state index contributed by atoms with van der Waals surface area (Å²) in [6.45, 7) is 9.67. The van der Waals surface area contributed by atoms with Crippen LogP contribution in [0.1, 0.15) is 59.8 Å². The van der Waals surface area contributed by atoms with Crippen LogP contribution in [0.3, 0.4) is 0 Å². The molecular formula is C12H24. The predicted molar refractivity (Wildman–Crippen MR) is 55.2 cm³/mol. The van der Waals surface area contributed by atoms with E-state index in [0.29, 0.717) is 5.41 Å². The van der Waals surface area contributed by atoms with Crippen molar-refractivity contribution in [1.29, 1.82) is 0 Å². The number of hydrogen-bond donors (Lipinski definition) is 0. The Hall–Kier alpha value is 0. The van der Waals surface area contributed by atoms with Gasteiger partial charge in [-0.25, -0.2) is 0 Å². The first kappa shape index (κ1) is 10.1. The van der Waals surface area contributed by atoms with Crippen LogP contribution in [-0.4, -0.2) is 0 Å². The molecule has 0 aromatic carbocycles. The summed E-state index contributed by atoms with van der Waals surface area (Å²) in [6, 6.07) is 0. The highest BCUT2D eigenvalue weighted by Crippen LogP contribution is 2.45. The van der Waals surface area contributed by atoms with Gasteiger partial charge in [-0.3, -0.25) is 0 Å². The molecule has 1 fully saturated rings. The van der Waals surface area contributed by atoms with Crippen molar-refractivity contribution < 1.29 is 0 Å². The second-order valence-corrected chi connectivity index (χ2v) is 5.25. The molecule has 0 spiro atoms. The van der Waals surface area contributed by atoms with Gasteiger partial charge in [-0.15, -0.1) is 0 Å². The first-order valence-corrected chi connectivity index (χ1v) is 5.58. The molecule has 0 heterocycles. The van der Waals surface area contributed by atoms with E-state index in [1.54, 1.807) is 0 Å². The fourth-order valence-electron chi connectivity index (χ4n) is 3.14. The largest absolute Gasteiger partial charge is 0.0654 e. The average molecular weight is 168 g/mol. The van der Waals surface area contributed by atoms with E-state index in [-0.39, 0.29) is 0 Å². The number of hydrogen-bond acceptors (Lipinski definition) is 0. The second-order valence-electron chi connectivity index (χ2n) is 5.25. The van der Waals surface area contributed by atoms with E-state index < -0.39 is 0 Å². The zero-order valence-corrected chi connectivity index (χ0v) is 9.19. The maximum absolute atomic E-state index is 2.46. The molecule has 0 amide bonds. The zero-order chi connectivity index (χ0) is 9.19. The van der Waals surface area contributed by atoms with Crippen molar-refractivity contribution in [3.05, 3.63) is 0 Å². The van der Waals surface area contributed by atoms with Crippen LogP contribution in [0.25, 0.3) is 0 Å². The minimum atomic E-state index is 0.602. The van der Waals surface area contributed by atoms with E-state index in [9.17, 15) is 0 Å². The van der Waals surface area contributed by atoms with Gasteiger partial charge in [-0.2, -0.15) is 0 Å². The minimum Gasteiger partial charge on any atom is -0.0654 e. The Labute approximate surface area is 77.7 Å². The van der Waals surface area contributed by atoms with Crippen LogP contribution in [0.4, 0.5) is 0 Å². The molecular weight excluding hydrogens is 144 g/mol. The summed E-state index contributed by atoms with van der Waals surface area (Å²) >= 11 is 0. The van der Waals surface area contributed by atoms with Crippen LogP contribution in [-0.2, 0) is 0 Å². The molecule has 0 aromatic rings. The molecule has 2 unspecified atom stereocenters. The summed E-state index contributed by atoms with van der Waals surface area (Å²) in [6.07, 6.45) is 7.17. The van der Waals surface area contributed by atoms with Crippen LogP contribution in [0.5, 0.6) is 0 Å². The third-order valence-electron chi connectivity index (χ3n) is 3.76. The van der Waals surface area contributed by atoms with Crippen molar-refractivity contribution in [3.63, 3.8) is 0 Å². The molecule has 0 saturated heterocycles. The Balaban J connectivity index is 2.54. The topological polar surface area (TPSA) is 0 Å². The van der Waals surface area contributed by atoms with Gasteiger partial charge in [0.2, 0.25) is 0 Å². The average Bonchev–Trinajstić information content (AvgIpc) is 2.35. The molecule has 0 heteroatoms. The van der Waals surface area contributed by atoms with Gasteiger partial charge in [0, 0.05) is 0 Å². The molecule has 0 nitrogen and oxygen atoms in total. The molecule has 2 atom stereocenters. The number of rotatable bonds is 3. The lowest BCUT2D eigenvalue weighted by atomic mass is 9.71. The normalized spacial score (nSPS) is 31.0. The SMILES string of the molecule is CCCC(C)(C)C1CCCC1C. The summed E-state index contributed by atoms with van der Waals surface area (Å²) in [4.78, 5) is 0. The van der Waals surface area contributed by atoms with E-state index in [1.807, 2.05) is 0 Å². The van der Waals surface area contributed by atoms with Crippen molar-refractivity contribution in [3.8, 4) is 0 Å². The Bertz CT molecular complexity index is 135. The van der Waals surface area contributed by atoms with Crippen molar-refractivity contribution in [2.75, 3.05) is 0 Å². The fourth-order valence-corrected chi connectivity index (χ4v) is 3.14. The van der Waals surface area contributed by atoms with Crippen LogP contribution < -0.4 is 0 Å². The van der Waals surface area contributed by atoms with Crippen LogP contribution >= 0.6 is 0 Å². The maximum Gasteiger partial charge on any atom is -0.0323 e. The fraction of sp³-hybridized carbons (Fsp3) is 1.00. The van der Waals surface area contributed by atoms with Gasteiger partial charge in [0.15, 0.2) is 0 Å². The molecule has 12 heavy (non-hydrogen) atoms. The van der Waals surface area contributed by atoms with Gasteiger partial charge in [0.1, 0.15) is 0 Å².